The Labute approximate surface area is 130 Å². The second-order valence-corrected chi connectivity index (χ2v) is 5.36. The number of aryl methyl sites for hydroxylation is 1. The van der Waals surface area contributed by atoms with Gasteiger partial charge >= 0.3 is 6.18 Å². The predicted octanol–water partition coefficient (Wildman–Crippen LogP) is 1.81. The molecule has 1 atom stereocenters. The summed E-state index contributed by atoms with van der Waals surface area (Å²) in [6.45, 7) is 0.559. The minimum atomic E-state index is -4.39. The number of rotatable bonds is 2. The summed E-state index contributed by atoms with van der Waals surface area (Å²) in [4.78, 5) is 10.6. The summed E-state index contributed by atoms with van der Waals surface area (Å²) in [5.74, 6) is -0.753. The zero-order chi connectivity index (χ0) is 16.7. The van der Waals surface area contributed by atoms with Crippen molar-refractivity contribution in [2.75, 3.05) is 11.9 Å². The van der Waals surface area contributed by atoms with Gasteiger partial charge in [0.05, 0.1) is 5.56 Å². The van der Waals surface area contributed by atoms with Crippen molar-refractivity contribution in [3.05, 3.63) is 47.4 Å². The Kier molecular flexibility index (Phi) is 3.52. The van der Waals surface area contributed by atoms with Gasteiger partial charge in [0.25, 0.3) is 0 Å². The highest BCUT2D eigenvalue weighted by molar-refractivity contribution is 6.05. The van der Waals surface area contributed by atoms with Gasteiger partial charge in [0.1, 0.15) is 18.2 Å². The van der Waals surface area contributed by atoms with Gasteiger partial charge in [0, 0.05) is 24.2 Å². The molecule has 3 heterocycles. The second kappa shape index (κ2) is 5.27. The quantitative estimate of drug-likeness (QED) is 0.678. The summed E-state index contributed by atoms with van der Waals surface area (Å²) >= 11 is 0. The molecule has 3 rings (SSSR count). The number of aromatic amines is 1. The third-order valence-electron chi connectivity index (χ3n) is 3.39. The number of H-pyrrole nitrogens is 1. The van der Waals surface area contributed by atoms with Crippen LogP contribution in [0.25, 0.3) is 0 Å². The topological polar surface area (TPSA) is 91.1 Å². The first-order valence-electron chi connectivity index (χ1n) is 6.83. The zero-order valence-electron chi connectivity index (χ0n) is 12.2. The maximum atomic E-state index is 12.5. The fourth-order valence-corrected chi connectivity index (χ4v) is 2.36. The third kappa shape index (κ3) is 3.14. The lowest BCUT2D eigenvalue weighted by atomic mass is 10.1. The largest absolute Gasteiger partial charge is 0.408 e. The molecule has 0 fully saturated rings. The Bertz CT molecular complexity index is 751. The number of aliphatic imine (C=N–C) groups is 1. The fraction of sp³-hybridized carbons (Fsp3) is 0.286. The Morgan fingerprint density at radius 1 is 1.30 bits per heavy atom. The van der Waals surface area contributed by atoms with E-state index in [0.29, 0.717) is 16.9 Å². The number of fused-ring (bicyclic) bond motifs is 1. The molecule has 0 saturated heterocycles. The maximum Gasteiger partial charge on any atom is 0.408 e. The van der Waals surface area contributed by atoms with Crippen molar-refractivity contribution in [2.45, 2.75) is 18.9 Å². The molecule has 0 aliphatic carbocycles. The van der Waals surface area contributed by atoms with E-state index >= 15 is 0 Å². The number of halogens is 3. The van der Waals surface area contributed by atoms with Crippen LogP contribution in [0.5, 0.6) is 0 Å². The van der Waals surface area contributed by atoms with E-state index in [9.17, 15) is 13.2 Å². The van der Waals surface area contributed by atoms with Crippen LogP contribution >= 0.6 is 0 Å². The van der Waals surface area contributed by atoms with Gasteiger partial charge in [-0.05, 0) is 24.6 Å². The number of anilines is 1. The minimum Gasteiger partial charge on any atom is -0.348 e. The van der Waals surface area contributed by atoms with E-state index in [1.54, 1.807) is 30.7 Å². The van der Waals surface area contributed by atoms with E-state index < -0.39 is 18.5 Å². The Hall–Kier alpha value is -2.55. The molecule has 0 spiro atoms. The monoisotopic (exact) mass is 324 g/mol. The SMILES string of the molecule is Cc1cncc(C2(N)NC(=NCC(F)(F)F)c3cc[nH]c3N2)c1. The van der Waals surface area contributed by atoms with E-state index in [-0.39, 0.29) is 5.84 Å². The molecule has 9 heteroatoms. The van der Waals surface area contributed by atoms with Crippen molar-refractivity contribution < 1.29 is 13.2 Å². The standard InChI is InChI=1S/C14H15F3N6/c1-8-4-9(6-19-5-8)14(18)22-11-10(2-3-20-11)12(23-14)21-7-13(15,16)17/h2-6,20,22H,7,18H2,1H3,(H,21,23). The summed E-state index contributed by atoms with van der Waals surface area (Å²) in [5.41, 5.74) is 8.26. The van der Waals surface area contributed by atoms with Crippen LogP contribution in [-0.2, 0) is 5.79 Å². The van der Waals surface area contributed by atoms with E-state index in [4.69, 9.17) is 5.73 Å². The van der Waals surface area contributed by atoms with Crippen LogP contribution in [0.3, 0.4) is 0 Å². The highest BCUT2D eigenvalue weighted by Gasteiger charge is 2.36. The molecule has 1 aliphatic heterocycles. The molecule has 5 N–H and O–H groups in total. The number of alkyl halides is 3. The van der Waals surface area contributed by atoms with E-state index in [1.165, 1.54) is 0 Å². The summed E-state index contributed by atoms with van der Waals surface area (Å²) in [6, 6.07) is 3.42. The average Bonchev–Trinajstić information content (AvgIpc) is 2.92. The Morgan fingerprint density at radius 3 is 2.78 bits per heavy atom. The summed E-state index contributed by atoms with van der Waals surface area (Å²) < 4.78 is 37.4. The van der Waals surface area contributed by atoms with Crippen molar-refractivity contribution in [1.82, 2.24) is 15.3 Å². The molecule has 0 radical (unpaired) electrons. The number of hydrogen-bond donors (Lipinski definition) is 4. The van der Waals surface area contributed by atoms with Crippen molar-refractivity contribution in [1.29, 1.82) is 0 Å². The number of amidine groups is 1. The van der Waals surface area contributed by atoms with Gasteiger partial charge < -0.3 is 15.6 Å². The number of hydrogen-bond acceptors (Lipinski definition) is 4. The smallest absolute Gasteiger partial charge is 0.348 e. The molecule has 2 aromatic heterocycles. The van der Waals surface area contributed by atoms with Crippen LogP contribution in [0.4, 0.5) is 19.0 Å². The lowest BCUT2D eigenvalue weighted by Crippen LogP contribution is -2.61. The first kappa shape index (κ1) is 15.3. The molecule has 0 aromatic carbocycles. The molecule has 23 heavy (non-hydrogen) atoms. The van der Waals surface area contributed by atoms with Gasteiger partial charge in [-0.2, -0.15) is 13.2 Å². The van der Waals surface area contributed by atoms with Crippen LogP contribution in [-0.4, -0.2) is 28.5 Å². The molecular weight excluding hydrogens is 309 g/mol. The average molecular weight is 324 g/mol. The normalized spacial score (nSPS) is 22.4. The van der Waals surface area contributed by atoms with Crippen molar-refractivity contribution in [3.8, 4) is 0 Å². The highest BCUT2D eigenvalue weighted by atomic mass is 19.4. The molecule has 6 nitrogen and oxygen atoms in total. The summed E-state index contributed by atoms with van der Waals surface area (Å²) in [7, 11) is 0. The van der Waals surface area contributed by atoms with Gasteiger partial charge in [0.15, 0.2) is 5.79 Å². The molecule has 0 saturated carbocycles. The van der Waals surface area contributed by atoms with Crippen LogP contribution < -0.4 is 16.4 Å². The lowest BCUT2D eigenvalue weighted by Gasteiger charge is -2.37. The fourth-order valence-electron chi connectivity index (χ4n) is 2.36. The first-order valence-corrected chi connectivity index (χ1v) is 6.83. The molecule has 0 amide bonds. The van der Waals surface area contributed by atoms with Gasteiger partial charge in [-0.15, -0.1) is 0 Å². The van der Waals surface area contributed by atoms with Gasteiger partial charge in [-0.25, -0.2) is 0 Å². The third-order valence-corrected chi connectivity index (χ3v) is 3.39. The van der Waals surface area contributed by atoms with Crippen LogP contribution in [0.1, 0.15) is 16.7 Å². The van der Waals surface area contributed by atoms with E-state index in [2.05, 4.69) is 25.6 Å². The molecule has 122 valence electrons. The second-order valence-electron chi connectivity index (χ2n) is 5.36. The molecule has 1 unspecified atom stereocenters. The van der Waals surface area contributed by atoms with Crippen molar-refractivity contribution in [2.24, 2.45) is 10.7 Å². The van der Waals surface area contributed by atoms with Crippen molar-refractivity contribution in [3.63, 3.8) is 0 Å². The molecule has 0 bridgehead atoms. The van der Waals surface area contributed by atoms with Gasteiger partial charge in [-0.3, -0.25) is 15.7 Å². The molecule has 2 aromatic rings. The van der Waals surface area contributed by atoms with E-state index in [1.807, 2.05) is 6.92 Å². The van der Waals surface area contributed by atoms with Crippen LogP contribution in [0.15, 0.2) is 35.7 Å². The molecular formula is C14H15F3N6. The predicted molar refractivity (Wildman–Crippen MR) is 79.8 cm³/mol. The number of pyridine rings is 1. The first-order chi connectivity index (χ1) is 10.8. The highest BCUT2D eigenvalue weighted by Crippen LogP contribution is 2.27. The summed E-state index contributed by atoms with van der Waals surface area (Å²) in [5, 5.41) is 5.88. The van der Waals surface area contributed by atoms with Crippen LogP contribution in [0, 0.1) is 6.92 Å². The zero-order valence-corrected chi connectivity index (χ0v) is 12.2. The Balaban J connectivity index is 2.00. The number of aromatic nitrogens is 2. The number of nitrogens with one attached hydrogen (secondary N) is 3. The number of nitrogens with zero attached hydrogens (tertiary/aromatic N) is 2. The van der Waals surface area contributed by atoms with Crippen LogP contribution in [0.2, 0.25) is 0 Å². The number of nitrogens with two attached hydrogens (primary N) is 1. The maximum absolute atomic E-state index is 12.5. The summed E-state index contributed by atoms with van der Waals surface area (Å²) in [6.07, 6.45) is 0.414. The lowest BCUT2D eigenvalue weighted by molar-refractivity contribution is -0.118. The Morgan fingerprint density at radius 2 is 2.09 bits per heavy atom. The van der Waals surface area contributed by atoms with Crippen molar-refractivity contribution >= 4 is 11.7 Å². The van der Waals surface area contributed by atoms with E-state index in [0.717, 1.165) is 5.56 Å². The molecule has 1 aliphatic rings. The van der Waals surface area contributed by atoms with Gasteiger partial charge in [-0.1, -0.05) is 0 Å². The minimum absolute atomic E-state index is 0.0707. The van der Waals surface area contributed by atoms with Gasteiger partial charge in [0.2, 0.25) is 0 Å².